The van der Waals surface area contributed by atoms with Crippen LogP contribution < -0.4 is 5.32 Å². The number of hydrogen-bond donors (Lipinski definition) is 1. The maximum absolute atomic E-state index is 13.0. The lowest BCUT2D eigenvalue weighted by Gasteiger charge is -2.31. The topological polar surface area (TPSA) is 62.6 Å². The van der Waals surface area contributed by atoms with Crippen molar-refractivity contribution in [2.24, 2.45) is 5.92 Å². The van der Waals surface area contributed by atoms with E-state index in [4.69, 9.17) is 4.42 Å². The Kier molecular flexibility index (Phi) is 5.40. The maximum Gasteiger partial charge on any atom is 0.253 e. The molecule has 0 radical (unpaired) electrons. The van der Waals surface area contributed by atoms with Crippen molar-refractivity contribution in [2.75, 3.05) is 13.1 Å². The van der Waals surface area contributed by atoms with Gasteiger partial charge in [-0.25, -0.2) is 4.39 Å². The molecular weight excluding hydrogens is 335 g/mol. The van der Waals surface area contributed by atoms with Crippen molar-refractivity contribution in [2.45, 2.75) is 32.7 Å². The quantitative estimate of drug-likeness (QED) is 0.910. The average Bonchev–Trinajstić information content (AvgIpc) is 3.08. The molecule has 5 nitrogen and oxygen atoms in total. The number of aryl methyl sites for hydroxylation is 1. The van der Waals surface area contributed by atoms with E-state index >= 15 is 0 Å². The Bertz CT molecular complexity index is 777. The lowest BCUT2D eigenvalue weighted by atomic mass is 9.95. The molecule has 0 saturated carbocycles. The zero-order chi connectivity index (χ0) is 18.7. The number of halogens is 1. The molecule has 1 fully saturated rings. The molecular formula is C20H23FN2O3. The second kappa shape index (κ2) is 7.72. The molecule has 1 aromatic heterocycles. The minimum absolute atomic E-state index is 0.0135. The number of rotatable bonds is 4. The molecule has 26 heavy (non-hydrogen) atoms. The molecule has 1 aliphatic rings. The van der Waals surface area contributed by atoms with Gasteiger partial charge < -0.3 is 14.6 Å². The fraction of sp³-hybridized carbons (Fsp3) is 0.400. The first kappa shape index (κ1) is 18.2. The van der Waals surface area contributed by atoms with Crippen LogP contribution in [0.1, 0.15) is 47.7 Å². The number of nitrogens with zero attached hydrogens (tertiary/aromatic N) is 1. The van der Waals surface area contributed by atoms with Gasteiger partial charge in [-0.2, -0.15) is 0 Å². The van der Waals surface area contributed by atoms with Gasteiger partial charge in [0.15, 0.2) is 0 Å². The van der Waals surface area contributed by atoms with Crippen LogP contribution in [0.5, 0.6) is 0 Å². The Morgan fingerprint density at radius 3 is 2.38 bits per heavy atom. The monoisotopic (exact) mass is 358 g/mol. The maximum atomic E-state index is 13.0. The number of furan rings is 1. The van der Waals surface area contributed by atoms with E-state index in [0.29, 0.717) is 31.5 Å². The third-order valence-electron chi connectivity index (χ3n) is 4.79. The van der Waals surface area contributed by atoms with Crippen LogP contribution in [0.15, 0.2) is 40.8 Å². The number of benzene rings is 1. The number of nitrogens with one attached hydrogen (secondary N) is 1. The molecule has 1 unspecified atom stereocenters. The van der Waals surface area contributed by atoms with Crippen molar-refractivity contribution in [1.29, 1.82) is 0 Å². The smallest absolute Gasteiger partial charge is 0.253 e. The molecule has 1 aliphatic heterocycles. The van der Waals surface area contributed by atoms with E-state index < -0.39 is 0 Å². The molecule has 1 atom stereocenters. The Morgan fingerprint density at radius 2 is 1.81 bits per heavy atom. The van der Waals surface area contributed by atoms with Crippen LogP contribution >= 0.6 is 0 Å². The van der Waals surface area contributed by atoms with Gasteiger partial charge in [-0.3, -0.25) is 9.59 Å². The van der Waals surface area contributed by atoms with Gasteiger partial charge in [0, 0.05) is 24.6 Å². The second-order valence-corrected chi connectivity index (χ2v) is 6.75. The van der Waals surface area contributed by atoms with E-state index in [1.807, 2.05) is 26.0 Å². The highest BCUT2D eigenvalue weighted by Crippen LogP contribution is 2.22. The molecule has 1 N–H and O–H groups in total. The Hall–Kier alpha value is -2.63. The Labute approximate surface area is 152 Å². The van der Waals surface area contributed by atoms with Crippen molar-refractivity contribution in [3.8, 4) is 0 Å². The first-order chi connectivity index (χ1) is 12.4. The normalized spacial score (nSPS) is 16.3. The average molecular weight is 358 g/mol. The highest BCUT2D eigenvalue weighted by atomic mass is 19.1. The Balaban J connectivity index is 1.52. The molecule has 0 spiro atoms. The third-order valence-corrected chi connectivity index (χ3v) is 4.79. The number of carbonyl (C=O) groups is 2. The zero-order valence-corrected chi connectivity index (χ0v) is 15.0. The summed E-state index contributed by atoms with van der Waals surface area (Å²) in [7, 11) is 0. The van der Waals surface area contributed by atoms with Gasteiger partial charge in [0.05, 0.1) is 6.04 Å². The van der Waals surface area contributed by atoms with Gasteiger partial charge in [-0.1, -0.05) is 0 Å². The lowest BCUT2D eigenvalue weighted by molar-refractivity contribution is -0.127. The van der Waals surface area contributed by atoms with Crippen LogP contribution in [0.4, 0.5) is 4.39 Å². The van der Waals surface area contributed by atoms with Crippen LogP contribution in [0, 0.1) is 18.7 Å². The minimum atomic E-state index is -0.363. The van der Waals surface area contributed by atoms with Crippen molar-refractivity contribution >= 4 is 11.8 Å². The van der Waals surface area contributed by atoms with Crippen LogP contribution in [0.3, 0.4) is 0 Å². The van der Waals surface area contributed by atoms with Crippen LogP contribution in [-0.4, -0.2) is 29.8 Å². The lowest BCUT2D eigenvalue weighted by Crippen LogP contribution is -2.43. The van der Waals surface area contributed by atoms with Crippen LogP contribution in [0.2, 0.25) is 0 Å². The Morgan fingerprint density at radius 1 is 1.15 bits per heavy atom. The molecule has 0 bridgehead atoms. The van der Waals surface area contributed by atoms with Gasteiger partial charge in [0.25, 0.3) is 5.91 Å². The molecule has 3 rings (SSSR count). The predicted molar refractivity (Wildman–Crippen MR) is 95.0 cm³/mol. The molecule has 0 aliphatic carbocycles. The van der Waals surface area contributed by atoms with Crippen molar-refractivity contribution < 1.29 is 18.4 Å². The summed E-state index contributed by atoms with van der Waals surface area (Å²) in [5.74, 6) is 0.931. The van der Waals surface area contributed by atoms with E-state index in [0.717, 1.165) is 11.5 Å². The summed E-state index contributed by atoms with van der Waals surface area (Å²) in [4.78, 5) is 26.6. The van der Waals surface area contributed by atoms with Crippen LogP contribution in [-0.2, 0) is 4.79 Å². The van der Waals surface area contributed by atoms with Gasteiger partial charge in [-0.05, 0) is 63.1 Å². The molecule has 138 valence electrons. The summed E-state index contributed by atoms with van der Waals surface area (Å²) >= 11 is 0. The first-order valence-corrected chi connectivity index (χ1v) is 8.85. The molecule has 2 aromatic rings. The number of piperidine rings is 1. The minimum Gasteiger partial charge on any atom is -0.464 e. The van der Waals surface area contributed by atoms with Crippen molar-refractivity contribution in [3.63, 3.8) is 0 Å². The van der Waals surface area contributed by atoms with E-state index in [2.05, 4.69) is 5.32 Å². The fourth-order valence-corrected chi connectivity index (χ4v) is 3.21. The first-order valence-electron chi connectivity index (χ1n) is 8.85. The molecule has 6 heteroatoms. The van der Waals surface area contributed by atoms with E-state index in [1.54, 1.807) is 4.90 Å². The van der Waals surface area contributed by atoms with E-state index in [1.165, 1.54) is 24.3 Å². The van der Waals surface area contributed by atoms with E-state index in [-0.39, 0.29) is 29.6 Å². The van der Waals surface area contributed by atoms with Crippen molar-refractivity contribution in [3.05, 3.63) is 59.3 Å². The van der Waals surface area contributed by atoms with Gasteiger partial charge in [0.2, 0.25) is 5.91 Å². The predicted octanol–water partition coefficient (Wildman–Crippen LogP) is 3.46. The highest BCUT2D eigenvalue weighted by molar-refractivity contribution is 5.94. The summed E-state index contributed by atoms with van der Waals surface area (Å²) in [6.45, 7) is 4.79. The van der Waals surface area contributed by atoms with Crippen molar-refractivity contribution in [1.82, 2.24) is 10.2 Å². The molecule has 1 saturated heterocycles. The van der Waals surface area contributed by atoms with Gasteiger partial charge >= 0.3 is 0 Å². The largest absolute Gasteiger partial charge is 0.464 e. The summed E-state index contributed by atoms with van der Waals surface area (Å²) in [6.07, 6.45) is 1.23. The zero-order valence-electron chi connectivity index (χ0n) is 15.0. The highest BCUT2D eigenvalue weighted by Gasteiger charge is 2.28. The number of carbonyl (C=O) groups excluding carboxylic acids is 2. The second-order valence-electron chi connectivity index (χ2n) is 6.75. The molecule has 2 heterocycles. The summed E-state index contributed by atoms with van der Waals surface area (Å²) in [5, 5.41) is 2.98. The van der Waals surface area contributed by atoms with E-state index in [9.17, 15) is 14.0 Å². The summed E-state index contributed by atoms with van der Waals surface area (Å²) in [5.41, 5.74) is 0.469. The van der Waals surface area contributed by atoms with Crippen LogP contribution in [0.25, 0.3) is 0 Å². The standard InChI is InChI=1S/C20H23FN2O3/c1-13-3-8-18(26-13)14(2)22-19(24)15-9-11-23(12-10-15)20(25)16-4-6-17(21)7-5-16/h3-8,14-15H,9-12H2,1-2H3,(H,22,24). The summed E-state index contributed by atoms with van der Waals surface area (Å²) in [6, 6.07) is 9.10. The van der Waals surface area contributed by atoms with Gasteiger partial charge in [0.1, 0.15) is 17.3 Å². The summed E-state index contributed by atoms with van der Waals surface area (Å²) < 4.78 is 18.5. The number of hydrogen-bond acceptors (Lipinski definition) is 3. The number of likely N-dealkylation sites (tertiary alicyclic amines) is 1. The SMILES string of the molecule is Cc1ccc(C(C)NC(=O)C2CCN(C(=O)c3ccc(F)cc3)CC2)o1. The number of amides is 2. The molecule has 1 aromatic carbocycles. The fourth-order valence-electron chi connectivity index (χ4n) is 3.21. The molecule has 2 amide bonds. The van der Waals surface area contributed by atoms with Gasteiger partial charge in [-0.15, -0.1) is 0 Å². The third kappa shape index (κ3) is 4.12.